The Morgan fingerprint density at radius 3 is 2.32 bits per heavy atom. The van der Waals surface area contributed by atoms with Crippen molar-refractivity contribution in [3.8, 4) is 0 Å². The molecular weight excluding hydrogens is 256 g/mol. The summed E-state index contributed by atoms with van der Waals surface area (Å²) in [7, 11) is 0. The maximum atomic E-state index is 13.0. The lowest BCUT2D eigenvalue weighted by Crippen LogP contribution is -2.40. The van der Waals surface area contributed by atoms with E-state index in [0.29, 0.717) is 12.5 Å². The zero-order valence-electron chi connectivity index (χ0n) is 10.5. The lowest BCUT2D eigenvalue weighted by Gasteiger charge is -2.14. The minimum Gasteiger partial charge on any atom is -0.480 e. The number of hydrogen-bond donors (Lipinski definition) is 2. The van der Waals surface area contributed by atoms with E-state index in [1.54, 1.807) is 0 Å². The maximum Gasteiger partial charge on any atom is 0.326 e. The van der Waals surface area contributed by atoms with Crippen LogP contribution in [0.4, 0.5) is 8.78 Å². The molecular formula is C13H15F2NO3. The first kappa shape index (κ1) is 15.1. The van der Waals surface area contributed by atoms with Crippen molar-refractivity contribution in [2.24, 2.45) is 0 Å². The molecule has 1 aromatic rings. The highest BCUT2D eigenvalue weighted by Crippen LogP contribution is 2.09. The van der Waals surface area contributed by atoms with E-state index in [1.807, 2.05) is 6.92 Å². The van der Waals surface area contributed by atoms with Crippen LogP contribution in [0.25, 0.3) is 0 Å². The number of carboxylic acid groups (broad SMARTS) is 1. The van der Waals surface area contributed by atoms with Gasteiger partial charge in [-0.2, -0.15) is 0 Å². The molecule has 1 unspecified atom stereocenters. The van der Waals surface area contributed by atoms with Crippen LogP contribution >= 0.6 is 0 Å². The molecule has 2 N–H and O–H groups in total. The lowest BCUT2D eigenvalue weighted by molar-refractivity contribution is -0.139. The van der Waals surface area contributed by atoms with Gasteiger partial charge in [-0.05, 0) is 18.6 Å². The molecule has 1 atom stereocenters. The standard InChI is InChI=1S/C13H15F2NO3/c1-2-3-4-11(13(18)19)16-12(17)8-5-9(14)7-10(15)6-8/h5-7,11H,2-4H2,1H3,(H,16,17)(H,18,19). The molecule has 6 heteroatoms. The highest BCUT2D eigenvalue weighted by Gasteiger charge is 2.20. The predicted octanol–water partition coefficient (Wildman–Crippen LogP) is 2.34. The van der Waals surface area contributed by atoms with Crippen molar-refractivity contribution in [2.45, 2.75) is 32.2 Å². The summed E-state index contributed by atoms with van der Waals surface area (Å²) in [6.07, 6.45) is 1.69. The third-order valence-corrected chi connectivity index (χ3v) is 2.57. The Kier molecular flexibility index (Phi) is 5.41. The molecule has 0 aliphatic carbocycles. The molecule has 0 fully saturated rings. The van der Waals surface area contributed by atoms with Crippen molar-refractivity contribution in [1.82, 2.24) is 5.32 Å². The number of rotatable bonds is 6. The fraction of sp³-hybridized carbons (Fsp3) is 0.385. The fourth-order valence-electron chi connectivity index (χ4n) is 1.59. The number of carboxylic acids is 1. The summed E-state index contributed by atoms with van der Waals surface area (Å²) in [5.74, 6) is -3.74. The van der Waals surface area contributed by atoms with Gasteiger partial charge in [0.2, 0.25) is 0 Å². The summed E-state index contributed by atoms with van der Waals surface area (Å²) in [4.78, 5) is 22.7. The molecule has 0 radical (unpaired) electrons. The number of amides is 1. The minimum absolute atomic E-state index is 0.236. The van der Waals surface area contributed by atoms with Crippen LogP contribution in [-0.2, 0) is 4.79 Å². The number of aliphatic carboxylic acids is 1. The van der Waals surface area contributed by atoms with Crippen LogP contribution < -0.4 is 5.32 Å². The summed E-state index contributed by atoms with van der Waals surface area (Å²) >= 11 is 0. The number of unbranched alkanes of at least 4 members (excludes halogenated alkanes) is 1. The van der Waals surface area contributed by atoms with Crippen LogP contribution in [0.15, 0.2) is 18.2 Å². The molecule has 0 heterocycles. The molecule has 0 aliphatic heterocycles. The molecule has 19 heavy (non-hydrogen) atoms. The number of nitrogens with one attached hydrogen (secondary N) is 1. The smallest absolute Gasteiger partial charge is 0.326 e. The Morgan fingerprint density at radius 1 is 1.26 bits per heavy atom. The first-order valence-corrected chi connectivity index (χ1v) is 5.93. The normalized spacial score (nSPS) is 11.9. The third kappa shape index (κ3) is 4.65. The van der Waals surface area contributed by atoms with Crippen molar-refractivity contribution in [3.63, 3.8) is 0 Å². The second-order valence-electron chi connectivity index (χ2n) is 4.16. The third-order valence-electron chi connectivity index (χ3n) is 2.57. The van der Waals surface area contributed by atoms with Crippen molar-refractivity contribution >= 4 is 11.9 Å². The zero-order valence-corrected chi connectivity index (χ0v) is 10.5. The largest absolute Gasteiger partial charge is 0.480 e. The molecule has 0 bridgehead atoms. The monoisotopic (exact) mass is 271 g/mol. The van der Waals surface area contributed by atoms with Gasteiger partial charge in [0.15, 0.2) is 0 Å². The van der Waals surface area contributed by atoms with Gasteiger partial charge in [-0.3, -0.25) is 4.79 Å². The Labute approximate surface area is 109 Å². The van der Waals surface area contributed by atoms with Gasteiger partial charge in [0.1, 0.15) is 17.7 Å². The summed E-state index contributed by atoms with van der Waals surface area (Å²) < 4.78 is 25.9. The van der Waals surface area contributed by atoms with E-state index in [0.717, 1.165) is 18.6 Å². The Balaban J connectivity index is 2.78. The molecule has 0 aliphatic rings. The molecule has 0 aromatic heterocycles. The van der Waals surface area contributed by atoms with Crippen molar-refractivity contribution < 1.29 is 23.5 Å². The fourth-order valence-corrected chi connectivity index (χ4v) is 1.59. The Morgan fingerprint density at radius 2 is 1.84 bits per heavy atom. The van der Waals surface area contributed by atoms with Gasteiger partial charge in [-0.25, -0.2) is 13.6 Å². The van der Waals surface area contributed by atoms with Gasteiger partial charge in [-0.1, -0.05) is 19.8 Å². The number of hydrogen-bond acceptors (Lipinski definition) is 2. The van der Waals surface area contributed by atoms with Crippen LogP contribution in [0.2, 0.25) is 0 Å². The van der Waals surface area contributed by atoms with Crippen molar-refractivity contribution in [1.29, 1.82) is 0 Å². The first-order valence-electron chi connectivity index (χ1n) is 5.93. The predicted molar refractivity (Wildman–Crippen MR) is 64.8 cm³/mol. The number of carbonyl (C=O) groups is 2. The lowest BCUT2D eigenvalue weighted by atomic mass is 10.1. The van der Waals surface area contributed by atoms with Crippen LogP contribution in [0, 0.1) is 11.6 Å². The molecule has 0 saturated carbocycles. The molecule has 1 amide bonds. The van der Waals surface area contributed by atoms with Gasteiger partial charge >= 0.3 is 5.97 Å². The van der Waals surface area contributed by atoms with Gasteiger partial charge in [-0.15, -0.1) is 0 Å². The van der Waals surface area contributed by atoms with Crippen LogP contribution in [0.5, 0.6) is 0 Å². The average molecular weight is 271 g/mol. The van der Waals surface area contributed by atoms with Gasteiger partial charge in [0.05, 0.1) is 0 Å². The second-order valence-corrected chi connectivity index (χ2v) is 4.16. The van der Waals surface area contributed by atoms with E-state index < -0.39 is 29.6 Å². The Bertz CT molecular complexity index is 457. The van der Waals surface area contributed by atoms with E-state index >= 15 is 0 Å². The molecule has 1 rings (SSSR count). The molecule has 1 aromatic carbocycles. The van der Waals surface area contributed by atoms with Gasteiger partial charge < -0.3 is 10.4 Å². The summed E-state index contributed by atoms with van der Waals surface area (Å²) in [5.41, 5.74) is -0.236. The second kappa shape index (κ2) is 6.82. The first-order chi connectivity index (χ1) is 8.93. The Hall–Kier alpha value is -1.98. The molecule has 4 nitrogen and oxygen atoms in total. The summed E-state index contributed by atoms with van der Waals surface area (Å²) in [5, 5.41) is 11.2. The van der Waals surface area contributed by atoms with E-state index in [1.165, 1.54) is 0 Å². The number of benzene rings is 1. The molecule has 104 valence electrons. The topological polar surface area (TPSA) is 66.4 Å². The van der Waals surface area contributed by atoms with Crippen LogP contribution in [0.3, 0.4) is 0 Å². The highest BCUT2D eigenvalue weighted by atomic mass is 19.1. The average Bonchev–Trinajstić information content (AvgIpc) is 2.32. The van der Waals surface area contributed by atoms with E-state index in [-0.39, 0.29) is 12.0 Å². The van der Waals surface area contributed by atoms with Crippen molar-refractivity contribution in [2.75, 3.05) is 0 Å². The molecule has 0 saturated heterocycles. The van der Waals surface area contributed by atoms with Crippen molar-refractivity contribution in [3.05, 3.63) is 35.4 Å². The maximum absolute atomic E-state index is 13.0. The quantitative estimate of drug-likeness (QED) is 0.834. The van der Waals surface area contributed by atoms with E-state index in [9.17, 15) is 18.4 Å². The van der Waals surface area contributed by atoms with Crippen LogP contribution in [-0.4, -0.2) is 23.0 Å². The number of halogens is 2. The van der Waals surface area contributed by atoms with Gasteiger partial charge in [0, 0.05) is 11.6 Å². The molecule has 0 spiro atoms. The summed E-state index contributed by atoms with van der Waals surface area (Å²) in [6, 6.07) is 1.30. The van der Waals surface area contributed by atoms with Crippen LogP contribution in [0.1, 0.15) is 36.5 Å². The number of carbonyl (C=O) groups excluding carboxylic acids is 1. The van der Waals surface area contributed by atoms with Gasteiger partial charge in [0.25, 0.3) is 5.91 Å². The van der Waals surface area contributed by atoms with E-state index in [2.05, 4.69) is 5.32 Å². The minimum atomic E-state index is -1.17. The van der Waals surface area contributed by atoms with E-state index in [4.69, 9.17) is 5.11 Å². The zero-order chi connectivity index (χ0) is 14.4. The summed E-state index contributed by atoms with van der Waals surface area (Å²) in [6.45, 7) is 1.89. The SMILES string of the molecule is CCCCC(NC(=O)c1cc(F)cc(F)c1)C(=O)O. The highest BCUT2D eigenvalue weighted by molar-refractivity contribution is 5.96.